The van der Waals surface area contributed by atoms with E-state index in [4.69, 9.17) is 10.6 Å². The number of methoxy groups -OCH3 is 1. The molecule has 4 N–H and O–H groups in total. The second-order valence-electron chi connectivity index (χ2n) is 3.28. The lowest BCUT2D eigenvalue weighted by Crippen LogP contribution is -2.36. The topological polar surface area (TPSA) is 118 Å². The normalized spacial score (nSPS) is 9.78. The molecule has 0 unspecified atom stereocenters. The summed E-state index contributed by atoms with van der Waals surface area (Å²) in [6.07, 6.45) is 0. The first-order valence-corrected chi connectivity index (χ1v) is 5.36. The van der Waals surface area contributed by atoms with Gasteiger partial charge in [-0.2, -0.15) is 15.0 Å². The molecule has 0 spiro atoms. The molecule has 0 aromatic carbocycles. The first kappa shape index (κ1) is 13.9. The van der Waals surface area contributed by atoms with Crippen molar-refractivity contribution in [2.75, 3.05) is 37.6 Å². The van der Waals surface area contributed by atoms with E-state index < -0.39 is 0 Å². The molecule has 9 nitrogen and oxygen atoms in total. The maximum Gasteiger partial charge on any atom is 0.322 e. The third-order valence-electron chi connectivity index (χ3n) is 2.19. The van der Waals surface area contributed by atoms with Crippen LogP contribution in [0.4, 0.5) is 11.9 Å². The number of carbonyl (C=O) groups is 1. The van der Waals surface area contributed by atoms with Crippen molar-refractivity contribution in [3.63, 3.8) is 0 Å². The number of hydrogen-bond donors (Lipinski definition) is 3. The largest absolute Gasteiger partial charge is 0.467 e. The van der Waals surface area contributed by atoms with Gasteiger partial charge in [0.15, 0.2) is 0 Å². The molecular formula is C9H17N7O2. The molecule has 1 amide bonds. The van der Waals surface area contributed by atoms with Gasteiger partial charge in [-0.3, -0.25) is 10.2 Å². The maximum atomic E-state index is 11.4. The first-order chi connectivity index (χ1) is 8.64. The lowest BCUT2D eigenvalue weighted by atomic mass is 10.5. The fourth-order valence-electron chi connectivity index (χ4n) is 1.22. The van der Waals surface area contributed by atoms with Gasteiger partial charge in [0.1, 0.15) is 0 Å². The van der Waals surface area contributed by atoms with Crippen molar-refractivity contribution >= 4 is 17.8 Å². The molecule has 18 heavy (non-hydrogen) atoms. The van der Waals surface area contributed by atoms with E-state index in [2.05, 4.69) is 25.7 Å². The molecule has 1 heterocycles. The third-order valence-corrected chi connectivity index (χ3v) is 2.19. The van der Waals surface area contributed by atoms with Gasteiger partial charge in [0.25, 0.3) is 0 Å². The monoisotopic (exact) mass is 255 g/mol. The Bertz CT molecular complexity index is 390. The van der Waals surface area contributed by atoms with Crippen molar-refractivity contribution in [2.45, 2.75) is 6.92 Å². The summed E-state index contributed by atoms with van der Waals surface area (Å²) in [6, 6.07) is 0.128. The van der Waals surface area contributed by atoms with Crippen LogP contribution in [0.1, 0.15) is 6.92 Å². The fraction of sp³-hybridized carbons (Fsp3) is 0.556. The average molecular weight is 255 g/mol. The van der Waals surface area contributed by atoms with E-state index in [-0.39, 0.29) is 24.4 Å². The van der Waals surface area contributed by atoms with Crippen molar-refractivity contribution < 1.29 is 9.53 Å². The van der Waals surface area contributed by atoms with E-state index in [9.17, 15) is 4.79 Å². The summed E-state index contributed by atoms with van der Waals surface area (Å²) in [5.41, 5.74) is 2.32. The van der Waals surface area contributed by atoms with Gasteiger partial charge >= 0.3 is 6.01 Å². The second kappa shape index (κ2) is 6.55. The minimum Gasteiger partial charge on any atom is -0.467 e. The number of aromatic nitrogens is 3. The number of nitrogens with one attached hydrogen (secondary N) is 2. The lowest BCUT2D eigenvalue weighted by Gasteiger charge is -2.20. The number of amides is 1. The molecule has 0 aliphatic heterocycles. The highest BCUT2D eigenvalue weighted by atomic mass is 16.5. The quantitative estimate of drug-likeness (QED) is 0.425. The van der Waals surface area contributed by atoms with Crippen LogP contribution in [0.3, 0.4) is 0 Å². The van der Waals surface area contributed by atoms with Gasteiger partial charge in [-0.15, -0.1) is 0 Å². The number of nitrogen functional groups attached to an aromatic ring is 1. The summed E-state index contributed by atoms with van der Waals surface area (Å²) in [6.45, 7) is 2.59. The molecule has 0 bridgehead atoms. The van der Waals surface area contributed by atoms with Crippen LogP contribution in [0.25, 0.3) is 0 Å². The van der Waals surface area contributed by atoms with Crippen molar-refractivity contribution in [2.24, 2.45) is 5.84 Å². The van der Waals surface area contributed by atoms with Gasteiger partial charge in [-0.25, -0.2) is 5.84 Å². The number of carbonyl (C=O) groups excluding carboxylic acids is 1. The van der Waals surface area contributed by atoms with Gasteiger partial charge in [-0.05, 0) is 6.92 Å². The summed E-state index contributed by atoms with van der Waals surface area (Å²) in [5.74, 6) is 5.61. The highest BCUT2D eigenvalue weighted by molar-refractivity contribution is 5.80. The van der Waals surface area contributed by atoms with Crippen LogP contribution >= 0.6 is 0 Å². The van der Waals surface area contributed by atoms with Crippen molar-refractivity contribution in [3.8, 4) is 6.01 Å². The summed E-state index contributed by atoms with van der Waals surface area (Å²) >= 11 is 0. The van der Waals surface area contributed by atoms with Crippen LogP contribution in [0.2, 0.25) is 0 Å². The Balaban J connectivity index is 3.00. The Morgan fingerprint density at radius 2 is 2.17 bits per heavy atom. The highest BCUT2D eigenvalue weighted by Gasteiger charge is 2.14. The van der Waals surface area contributed by atoms with Crippen LogP contribution in [0, 0.1) is 0 Å². The molecule has 9 heteroatoms. The third kappa shape index (κ3) is 3.42. The molecule has 0 fully saturated rings. The molecule has 0 aliphatic rings. The molecule has 0 radical (unpaired) electrons. The Morgan fingerprint density at radius 3 is 2.67 bits per heavy atom. The highest BCUT2D eigenvalue weighted by Crippen LogP contribution is 2.13. The van der Waals surface area contributed by atoms with Gasteiger partial charge in [0.05, 0.1) is 13.7 Å². The number of nitrogens with two attached hydrogens (primary N) is 1. The minimum absolute atomic E-state index is 0.128. The van der Waals surface area contributed by atoms with Gasteiger partial charge in [0.2, 0.25) is 17.8 Å². The molecule has 1 aromatic heterocycles. The average Bonchev–Trinajstić information content (AvgIpc) is 2.43. The van der Waals surface area contributed by atoms with Crippen LogP contribution in [0.5, 0.6) is 6.01 Å². The predicted molar refractivity (Wildman–Crippen MR) is 66.1 cm³/mol. The molecule has 1 rings (SSSR count). The Hall–Kier alpha value is -2.16. The lowest BCUT2D eigenvalue weighted by molar-refractivity contribution is -0.119. The number of rotatable bonds is 6. The van der Waals surface area contributed by atoms with E-state index in [1.165, 1.54) is 7.11 Å². The summed E-state index contributed by atoms with van der Waals surface area (Å²) < 4.78 is 4.94. The summed E-state index contributed by atoms with van der Waals surface area (Å²) in [7, 11) is 3.01. The Kier molecular flexibility index (Phi) is 5.06. The van der Waals surface area contributed by atoms with E-state index >= 15 is 0 Å². The van der Waals surface area contributed by atoms with Crippen LogP contribution < -0.4 is 26.2 Å². The fourth-order valence-corrected chi connectivity index (χ4v) is 1.22. The van der Waals surface area contributed by atoms with Crippen LogP contribution in [-0.2, 0) is 4.79 Å². The van der Waals surface area contributed by atoms with Gasteiger partial charge in [0, 0.05) is 13.6 Å². The number of anilines is 2. The molecule has 0 saturated carbocycles. The number of likely N-dealkylation sites (N-methyl/N-ethyl adjacent to an activating group) is 2. The number of hydrogen-bond acceptors (Lipinski definition) is 8. The van der Waals surface area contributed by atoms with Crippen molar-refractivity contribution in [1.82, 2.24) is 20.3 Å². The molecule has 100 valence electrons. The predicted octanol–water partition coefficient (Wildman–Crippen LogP) is -1.26. The van der Waals surface area contributed by atoms with E-state index in [1.807, 2.05) is 6.92 Å². The van der Waals surface area contributed by atoms with Crippen LogP contribution in [0.15, 0.2) is 0 Å². The number of ether oxygens (including phenoxy) is 1. The number of nitrogens with zero attached hydrogens (tertiary/aromatic N) is 4. The minimum atomic E-state index is -0.140. The van der Waals surface area contributed by atoms with E-state index in [0.29, 0.717) is 12.5 Å². The molecule has 0 aliphatic carbocycles. The smallest absolute Gasteiger partial charge is 0.322 e. The molecule has 1 aromatic rings. The zero-order valence-electron chi connectivity index (χ0n) is 10.6. The van der Waals surface area contributed by atoms with E-state index in [0.717, 1.165) is 0 Å². The van der Waals surface area contributed by atoms with E-state index in [1.54, 1.807) is 11.9 Å². The van der Waals surface area contributed by atoms with Gasteiger partial charge < -0.3 is 15.0 Å². The second-order valence-corrected chi connectivity index (χ2v) is 3.28. The molecule has 0 atom stereocenters. The SMILES string of the molecule is CCN(CC(=O)NC)c1nc(NN)nc(OC)n1. The van der Waals surface area contributed by atoms with Gasteiger partial charge in [-0.1, -0.05) is 0 Å². The molecular weight excluding hydrogens is 238 g/mol. The van der Waals surface area contributed by atoms with Crippen LogP contribution in [-0.4, -0.2) is 48.1 Å². The zero-order chi connectivity index (χ0) is 13.5. The maximum absolute atomic E-state index is 11.4. The molecule has 0 saturated heterocycles. The zero-order valence-corrected chi connectivity index (χ0v) is 10.6. The summed E-state index contributed by atoms with van der Waals surface area (Å²) in [4.78, 5) is 25.0. The first-order valence-electron chi connectivity index (χ1n) is 5.36. The standard InChI is InChI=1S/C9H17N7O2/c1-4-16(5-6(17)11-2)8-12-7(15-10)13-9(14-8)18-3/h4-5,10H2,1-3H3,(H,11,17)(H,12,13,14,15). The summed E-state index contributed by atoms with van der Waals surface area (Å²) in [5, 5.41) is 2.53. The Labute approximate surface area is 105 Å². The number of hydrazine groups is 1. The Morgan fingerprint density at radius 1 is 1.44 bits per heavy atom. The van der Waals surface area contributed by atoms with Crippen molar-refractivity contribution in [1.29, 1.82) is 0 Å². The van der Waals surface area contributed by atoms with Crippen molar-refractivity contribution in [3.05, 3.63) is 0 Å².